The number of benzene rings is 1. The van der Waals surface area contributed by atoms with Gasteiger partial charge in [-0.25, -0.2) is 0 Å². The Labute approximate surface area is 124 Å². The maximum absolute atomic E-state index is 13.0. The molecule has 0 N–H and O–H groups in total. The van der Waals surface area contributed by atoms with Crippen molar-refractivity contribution in [1.29, 1.82) is 0 Å². The zero-order valence-electron chi connectivity index (χ0n) is 14.1. The van der Waals surface area contributed by atoms with Crippen LogP contribution in [0, 0.1) is 11.3 Å². The first-order chi connectivity index (χ1) is 9.04. The highest BCUT2D eigenvalue weighted by Crippen LogP contribution is 2.38. The summed E-state index contributed by atoms with van der Waals surface area (Å²) in [5.41, 5.74) is 0.882. The molecule has 0 saturated heterocycles. The zero-order chi connectivity index (χ0) is 15.6. The molecular formula is C18H30NO. The van der Waals surface area contributed by atoms with Gasteiger partial charge in [-0.3, -0.25) is 0 Å². The molecule has 1 aromatic carbocycles. The van der Waals surface area contributed by atoms with Crippen molar-refractivity contribution in [2.24, 2.45) is 11.3 Å². The fourth-order valence-electron chi connectivity index (χ4n) is 3.19. The SMILES string of the molecule is CC(C)C(c1ccccc1)N([O])C(C)(C)CC(C)(C)C. The van der Waals surface area contributed by atoms with Crippen LogP contribution < -0.4 is 0 Å². The van der Waals surface area contributed by atoms with Gasteiger partial charge in [0, 0.05) is 5.54 Å². The van der Waals surface area contributed by atoms with Gasteiger partial charge in [-0.15, -0.1) is 10.3 Å². The van der Waals surface area contributed by atoms with Gasteiger partial charge in [-0.05, 0) is 37.2 Å². The fraction of sp³-hybridized carbons (Fsp3) is 0.667. The van der Waals surface area contributed by atoms with Crippen LogP contribution in [-0.2, 0) is 5.21 Å². The van der Waals surface area contributed by atoms with Crippen molar-refractivity contribution in [2.45, 2.75) is 66.5 Å². The molecule has 1 atom stereocenters. The van der Waals surface area contributed by atoms with E-state index in [9.17, 15) is 5.21 Å². The van der Waals surface area contributed by atoms with Gasteiger partial charge in [0.15, 0.2) is 0 Å². The molecule has 0 spiro atoms. The molecule has 0 heterocycles. The predicted molar refractivity (Wildman–Crippen MR) is 84.7 cm³/mol. The summed E-state index contributed by atoms with van der Waals surface area (Å²) in [7, 11) is 0. The lowest BCUT2D eigenvalue weighted by molar-refractivity contribution is -0.260. The summed E-state index contributed by atoms with van der Waals surface area (Å²) in [6, 6.07) is 10.0. The minimum atomic E-state index is -0.372. The van der Waals surface area contributed by atoms with Crippen molar-refractivity contribution in [3.05, 3.63) is 35.9 Å². The van der Waals surface area contributed by atoms with Crippen LogP contribution in [0.2, 0.25) is 0 Å². The molecule has 0 saturated carbocycles. The van der Waals surface area contributed by atoms with Crippen molar-refractivity contribution >= 4 is 0 Å². The molecule has 1 unspecified atom stereocenters. The van der Waals surface area contributed by atoms with E-state index in [1.807, 2.05) is 18.2 Å². The lowest BCUT2D eigenvalue weighted by atomic mass is 9.80. The Morgan fingerprint density at radius 3 is 1.90 bits per heavy atom. The van der Waals surface area contributed by atoms with Crippen molar-refractivity contribution < 1.29 is 5.21 Å². The molecule has 113 valence electrons. The van der Waals surface area contributed by atoms with Crippen LogP contribution >= 0.6 is 0 Å². The Morgan fingerprint density at radius 1 is 1.00 bits per heavy atom. The molecule has 0 fully saturated rings. The standard InChI is InChI=1S/C18H30NO/c1-14(2)16(15-11-9-8-10-12-15)19(20)18(6,7)13-17(3,4)5/h8-12,14,16H,13H2,1-7H3. The highest BCUT2D eigenvalue weighted by atomic mass is 16.5. The van der Waals surface area contributed by atoms with Crippen molar-refractivity contribution in [3.63, 3.8) is 0 Å². The highest BCUT2D eigenvalue weighted by molar-refractivity contribution is 5.19. The smallest absolute Gasteiger partial charge is 0.0661 e. The van der Waals surface area contributed by atoms with E-state index in [-0.39, 0.29) is 22.9 Å². The summed E-state index contributed by atoms with van der Waals surface area (Å²) >= 11 is 0. The maximum Gasteiger partial charge on any atom is 0.0661 e. The Balaban J connectivity index is 3.04. The normalized spacial score (nSPS) is 14.9. The first-order valence-electron chi connectivity index (χ1n) is 7.56. The molecule has 1 aromatic rings. The van der Waals surface area contributed by atoms with Gasteiger partial charge < -0.3 is 0 Å². The van der Waals surface area contributed by atoms with Crippen LogP contribution in [0.3, 0.4) is 0 Å². The summed E-state index contributed by atoms with van der Waals surface area (Å²) in [5.74, 6) is 0.286. The Morgan fingerprint density at radius 2 is 1.50 bits per heavy atom. The zero-order valence-corrected chi connectivity index (χ0v) is 14.1. The number of nitrogens with zero attached hydrogens (tertiary/aromatic N) is 1. The number of hydrogen-bond acceptors (Lipinski definition) is 1. The second-order valence-corrected chi connectivity index (χ2v) is 7.98. The molecule has 2 heteroatoms. The lowest BCUT2D eigenvalue weighted by Crippen LogP contribution is -2.46. The second kappa shape index (κ2) is 6.28. The molecule has 0 bridgehead atoms. The monoisotopic (exact) mass is 276 g/mol. The summed E-state index contributed by atoms with van der Waals surface area (Å²) in [6.45, 7) is 14.9. The second-order valence-electron chi connectivity index (χ2n) is 7.98. The van der Waals surface area contributed by atoms with Gasteiger partial charge in [-0.1, -0.05) is 65.0 Å². The average Bonchev–Trinajstić information content (AvgIpc) is 2.26. The fourth-order valence-corrected chi connectivity index (χ4v) is 3.19. The van der Waals surface area contributed by atoms with Gasteiger partial charge in [-0.2, -0.15) is 0 Å². The molecule has 2 nitrogen and oxygen atoms in total. The molecular weight excluding hydrogens is 246 g/mol. The van der Waals surface area contributed by atoms with Crippen LogP contribution in [0.25, 0.3) is 0 Å². The number of hydrogen-bond donors (Lipinski definition) is 0. The molecule has 0 aromatic heterocycles. The van der Waals surface area contributed by atoms with E-state index in [1.54, 1.807) is 0 Å². The van der Waals surface area contributed by atoms with Crippen LogP contribution in [0.4, 0.5) is 0 Å². The minimum Gasteiger partial charge on any atom is -0.142 e. The van der Waals surface area contributed by atoms with Gasteiger partial charge in [0.25, 0.3) is 0 Å². The summed E-state index contributed by atoms with van der Waals surface area (Å²) in [4.78, 5) is 0. The largest absolute Gasteiger partial charge is 0.142 e. The third kappa shape index (κ3) is 4.60. The van der Waals surface area contributed by atoms with Crippen LogP contribution in [0.1, 0.15) is 66.5 Å². The summed E-state index contributed by atoms with van der Waals surface area (Å²) in [5, 5.41) is 14.3. The van der Waals surface area contributed by atoms with Crippen LogP contribution in [0.5, 0.6) is 0 Å². The Kier molecular flexibility index (Phi) is 5.39. The molecule has 0 aliphatic rings. The summed E-state index contributed by atoms with van der Waals surface area (Å²) < 4.78 is 0. The van der Waals surface area contributed by atoms with Crippen molar-refractivity contribution in [2.75, 3.05) is 0 Å². The van der Waals surface area contributed by atoms with E-state index < -0.39 is 0 Å². The Bertz CT molecular complexity index is 403. The molecule has 0 amide bonds. The number of hydroxylamine groups is 2. The number of rotatable bonds is 5. The van der Waals surface area contributed by atoms with E-state index in [1.165, 1.54) is 5.06 Å². The predicted octanol–water partition coefficient (Wildman–Crippen LogP) is 5.25. The van der Waals surface area contributed by atoms with Crippen molar-refractivity contribution in [3.8, 4) is 0 Å². The third-order valence-corrected chi connectivity index (χ3v) is 3.58. The van der Waals surface area contributed by atoms with E-state index >= 15 is 0 Å². The molecule has 0 aliphatic carbocycles. The highest BCUT2D eigenvalue weighted by Gasteiger charge is 2.38. The van der Waals surface area contributed by atoms with Crippen molar-refractivity contribution in [1.82, 2.24) is 5.06 Å². The molecule has 1 rings (SSSR count). The van der Waals surface area contributed by atoms with Crippen LogP contribution in [0.15, 0.2) is 30.3 Å². The van der Waals surface area contributed by atoms with E-state index in [2.05, 4.69) is 60.6 Å². The quantitative estimate of drug-likeness (QED) is 0.674. The first kappa shape index (κ1) is 17.2. The van der Waals surface area contributed by atoms with E-state index in [0.29, 0.717) is 0 Å². The van der Waals surface area contributed by atoms with Gasteiger partial charge in [0.05, 0.1) is 6.04 Å². The van der Waals surface area contributed by atoms with Gasteiger partial charge in [0.1, 0.15) is 0 Å². The molecule has 0 aliphatic heterocycles. The Hall–Kier alpha value is -0.860. The third-order valence-electron chi connectivity index (χ3n) is 3.58. The van der Waals surface area contributed by atoms with Gasteiger partial charge >= 0.3 is 0 Å². The molecule has 20 heavy (non-hydrogen) atoms. The maximum atomic E-state index is 13.0. The van der Waals surface area contributed by atoms with E-state index in [0.717, 1.165) is 12.0 Å². The molecule has 1 radical (unpaired) electrons. The average molecular weight is 276 g/mol. The first-order valence-corrected chi connectivity index (χ1v) is 7.56. The van der Waals surface area contributed by atoms with Gasteiger partial charge in [0.2, 0.25) is 0 Å². The van der Waals surface area contributed by atoms with Crippen LogP contribution in [-0.4, -0.2) is 10.6 Å². The topological polar surface area (TPSA) is 23.1 Å². The lowest BCUT2D eigenvalue weighted by Gasteiger charge is -2.42. The minimum absolute atomic E-state index is 0.0893. The summed E-state index contributed by atoms with van der Waals surface area (Å²) in [6.07, 6.45) is 0.875. The van der Waals surface area contributed by atoms with E-state index in [4.69, 9.17) is 0 Å².